The minimum atomic E-state index is -0.202. The van der Waals surface area contributed by atoms with E-state index in [0.29, 0.717) is 16.6 Å². The van der Waals surface area contributed by atoms with E-state index in [9.17, 15) is 10.2 Å². The summed E-state index contributed by atoms with van der Waals surface area (Å²) in [6.45, 7) is 20.8. The third kappa shape index (κ3) is 13.1. The number of aromatic hydroxyl groups is 2. The molecule has 0 unspecified atom stereocenters. The molecule has 0 saturated heterocycles. The van der Waals surface area contributed by atoms with Crippen molar-refractivity contribution in [1.29, 1.82) is 0 Å². The maximum atomic E-state index is 11.1. The summed E-state index contributed by atoms with van der Waals surface area (Å²) < 4.78 is 1.53. The van der Waals surface area contributed by atoms with Crippen molar-refractivity contribution in [2.45, 2.75) is 58.9 Å². The molecule has 4 nitrogen and oxygen atoms in total. The number of phenols is 2. The van der Waals surface area contributed by atoms with Crippen molar-refractivity contribution in [2.75, 3.05) is 11.9 Å². The molecular weight excluding hydrogens is 828 g/mol. The van der Waals surface area contributed by atoms with Crippen LogP contribution in [0.25, 0.3) is 0 Å². The van der Waals surface area contributed by atoms with Crippen molar-refractivity contribution in [1.82, 2.24) is 0 Å². The van der Waals surface area contributed by atoms with Gasteiger partial charge in [0.1, 0.15) is 11.5 Å². The molecular formula is C43H48Br2N2O2Zr-2. The van der Waals surface area contributed by atoms with Crippen LogP contribution < -0.4 is 4.90 Å². The number of hydrogen-bond acceptors (Lipinski definition) is 4. The Kier molecular flexibility index (Phi) is 16.6. The van der Waals surface area contributed by atoms with E-state index in [-0.39, 0.29) is 48.5 Å². The summed E-state index contributed by atoms with van der Waals surface area (Å²) in [5.74, 6) is 0.489. The molecule has 7 heteroatoms. The average molecular weight is 876 g/mol. The van der Waals surface area contributed by atoms with E-state index in [4.69, 9.17) is 4.99 Å². The van der Waals surface area contributed by atoms with Gasteiger partial charge in [0, 0.05) is 67.2 Å². The molecule has 2 N–H and O–H groups in total. The second-order valence-corrected chi connectivity index (χ2v) is 15.7. The summed E-state index contributed by atoms with van der Waals surface area (Å²) in [7, 11) is 1.97. The second kappa shape index (κ2) is 19.4. The molecule has 0 aromatic heterocycles. The van der Waals surface area contributed by atoms with Crippen LogP contribution in [0.1, 0.15) is 74.9 Å². The summed E-state index contributed by atoms with van der Waals surface area (Å²) in [5.41, 5.74) is 7.13. The van der Waals surface area contributed by atoms with Gasteiger partial charge in [-0.25, -0.2) is 0 Å². The third-order valence-electron chi connectivity index (χ3n) is 7.65. The van der Waals surface area contributed by atoms with Crippen LogP contribution in [-0.4, -0.2) is 23.5 Å². The van der Waals surface area contributed by atoms with E-state index in [2.05, 4.69) is 93.3 Å². The van der Waals surface area contributed by atoms with E-state index in [1.54, 1.807) is 6.21 Å². The number of halogens is 2. The SMILES string of the molecule is CN(Cc1cc(Br)cc(Br)c1O)c1ccccc1N=Cc1cc(C(C)(C)C)cc(C(C)(C)C)c1O.[CH2-]c1ccccc1.[CH2-]c1ccccc1.[Zr]. The standard InChI is InChI=1S/C29H34Br2N2O2.2C7H7.Zr/c1-28(2,3)20-12-18(26(34)22(14-20)29(4,5)6)16-32-24-10-8-9-11-25(24)33(7)17-19-13-21(30)15-23(31)27(19)35;2*1-7-5-3-2-4-6-7;/h8-16,34-35H,17H2,1-7H3;2*2-6H,1H2;/q;2*-1;. The molecule has 0 saturated carbocycles. The molecule has 0 atom stereocenters. The van der Waals surface area contributed by atoms with Gasteiger partial charge in [-0.2, -0.15) is 49.2 Å². The fraction of sp³-hybridized carbons (Fsp3) is 0.233. The maximum absolute atomic E-state index is 11.1. The fourth-order valence-corrected chi connectivity index (χ4v) is 6.15. The van der Waals surface area contributed by atoms with Gasteiger partial charge in [0.15, 0.2) is 0 Å². The Labute approximate surface area is 336 Å². The van der Waals surface area contributed by atoms with Gasteiger partial charge >= 0.3 is 0 Å². The minimum absolute atomic E-state index is 0. The van der Waals surface area contributed by atoms with Crippen LogP contribution >= 0.6 is 31.9 Å². The first-order valence-corrected chi connectivity index (χ1v) is 17.7. The van der Waals surface area contributed by atoms with Gasteiger partial charge in [-0.15, -0.1) is 24.3 Å². The van der Waals surface area contributed by atoms with Crippen molar-refractivity contribution in [2.24, 2.45) is 4.99 Å². The number of anilines is 1. The molecule has 0 amide bonds. The summed E-state index contributed by atoms with van der Waals surface area (Å²) in [4.78, 5) is 6.84. The predicted molar refractivity (Wildman–Crippen MR) is 217 cm³/mol. The zero-order valence-corrected chi connectivity index (χ0v) is 35.8. The first-order chi connectivity index (χ1) is 23.0. The summed E-state index contributed by atoms with van der Waals surface area (Å²) >= 11 is 6.91. The molecule has 0 heterocycles. The Morgan fingerprint density at radius 3 is 1.70 bits per heavy atom. The van der Waals surface area contributed by atoms with Crippen molar-refractivity contribution in [3.63, 3.8) is 0 Å². The van der Waals surface area contributed by atoms with Crippen molar-refractivity contribution >= 4 is 49.4 Å². The Morgan fingerprint density at radius 2 is 1.22 bits per heavy atom. The quantitative estimate of drug-likeness (QED) is 0.137. The van der Waals surface area contributed by atoms with Crippen LogP contribution in [0.2, 0.25) is 0 Å². The summed E-state index contributed by atoms with van der Waals surface area (Å²) in [6, 6.07) is 35.5. The van der Waals surface area contributed by atoms with Crippen LogP contribution in [0.4, 0.5) is 11.4 Å². The van der Waals surface area contributed by atoms with E-state index >= 15 is 0 Å². The van der Waals surface area contributed by atoms with Gasteiger partial charge in [0.05, 0.1) is 15.8 Å². The number of benzene rings is 5. The smallest absolute Gasteiger partial charge is 0.134 e. The predicted octanol–water partition coefficient (Wildman–Crippen LogP) is 12.3. The Balaban J connectivity index is 0.000000475. The number of phenolic OH excluding ortho intramolecular Hbond substituents is 2. The number of rotatable bonds is 5. The molecule has 0 fully saturated rings. The van der Waals surface area contributed by atoms with Gasteiger partial charge in [-0.1, -0.05) is 87.8 Å². The average Bonchev–Trinajstić information content (AvgIpc) is 3.03. The van der Waals surface area contributed by atoms with Crippen molar-refractivity contribution in [3.05, 3.63) is 165 Å². The van der Waals surface area contributed by atoms with Gasteiger partial charge in [-0.3, -0.25) is 4.99 Å². The molecule has 262 valence electrons. The number of para-hydroxylation sites is 2. The van der Waals surface area contributed by atoms with Crippen LogP contribution in [0.3, 0.4) is 0 Å². The molecule has 0 bridgehead atoms. The topological polar surface area (TPSA) is 56.1 Å². The first kappa shape index (κ1) is 42.9. The number of aliphatic imine (C=N–C) groups is 1. The zero-order chi connectivity index (χ0) is 36.4. The van der Waals surface area contributed by atoms with E-state index < -0.39 is 0 Å². The van der Waals surface area contributed by atoms with Crippen LogP contribution in [0.5, 0.6) is 11.5 Å². The molecule has 0 spiro atoms. The van der Waals surface area contributed by atoms with Crippen molar-refractivity contribution in [3.8, 4) is 11.5 Å². The molecule has 50 heavy (non-hydrogen) atoms. The van der Waals surface area contributed by atoms with Crippen LogP contribution in [-0.2, 0) is 43.6 Å². The minimum Gasteiger partial charge on any atom is -0.507 e. The number of nitrogens with zero attached hydrogens (tertiary/aromatic N) is 2. The number of hydrogen-bond donors (Lipinski definition) is 2. The molecule has 0 aliphatic rings. The van der Waals surface area contributed by atoms with Gasteiger partial charge in [0.25, 0.3) is 0 Å². The van der Waals surface area contributed by atoms with E-state index in [1.807, 2.05) is 115 Å². The van der Waals surface area contributed by atoms with Crippen LogP contribution in [0.15, 0.2) is 123 Å². The van der Waals surface area contributed by atoms with Crippen molar-refractivity contribution < 1.29 is 36.4 Å². The molecule has 5 rings (SSSR count). The van der Waals surface area contributed by atoms with E-state index in [0.717, 1.165) is 43.7 Å². The molecule has 0 aliphatic heterocycles. The second-order valence-electron chi connectivity index (χ2n) is 13.9. The Bertz CT molecular complexity index is 1790. The first-order valence-electron chi connectivity index (χ1n) is 16.1. The molecule has 5 aromatic carbocycles. The van der Waals surface area contributed by atoms with E-state index in [1.165, 1.54) is 0 Å². The molecule has 5 aromatic rings. The van der Waals surface area contributed by atoms with Gasteiger partial charge in [-0.05, 0) is 62.7 Å². The molecule has 0 aliphatic carbocycles. The zero-order valence-electron chi connectivity index (χ0n) is 30.1. The maximum Gasteiger partial charge on any atom is 0.134 e. The largest absolute Gasteiger partial charge is 0.507 e. The van der Waals surface area contributed by atoms with Crippen LogP contribution in [0, 0.1) is 13.8 Å². The Hall–Kier alpha value is -3.25. The Morgan fingerprint density at radius 1 is 0.700 bits per heavy atom. The normalized spacial score (nSPS) is 11.1. The third-order valence-corrected chi connectivity index (χ3v) is 8.71. The van der Waals surface area contributed by atoms with Gasteiger partial charge < -0.3 is 15.1 Å². The molecule has 0 radical (unpaired) electrons. The monoisotopic (exact) mass is 872 g/mol. The summed E-state index contributed by atoms with van der Waals surface area (Å²) in [5, 5.41) is 21.6. The van der Waals surface area contributed by atoms with Gasteiger partial charge in [0.2, 0.25) is 0 Å². The summed E-state index contributed by atoms with van der Waals surface area (Å²) in [6.07, 6.45) is 1.75. The fourth-order valence-electron chi connectivity index (χ4n) is 4.83.